The maximum atomic E-state index is 5.93. The SMILES string of the molecule is C=C[Si](C)(OCCCC)OCCCCCCCC. The molecule has 0 aromatic rings. The van der Waals surface area contributed by atoms with Gasteiger partial charge in [0.05, 0.1) is 0 Å². The van der Waals surface area contributed by atoms with E-state index in [1.54, 1.807) is 0 Å². The molecule has 0 N–H and O–H groups in total. The molecule has 0 rings (SSSR count). The quantitative estimate of drug-likeness (QED) is 0.348. The van der Waals surface area contributed by atoms with E-state index in [2.05, 4.69) is 27.0 Å². The van der Waals surface area contributed by atoms with Gasteiger partial charge in [0.2, 0.25) is 0 Å². The second kappa shape index (κ2) is 11.9. The molecule has 0 radical (unpaired) electrons. The van der Waals surface area contributed by atoms with E-state index in [0.29, 0.717) is 0 Å². The van der Waals surface area contributed by atoms with Gasteiger partial charge in [-0.05, 0) is 25.1 Å². The first-order valence-electron chi connectivity index (χ1n) is 7.60. The van der Waals surface area contributed by atoms with Gasteiger partial charge in [0.1, 0.15) is 0 Å². The maximum absolute atomic E-state index is 5.93. The molecule has 0 aromatic carbocycles. The Balaban J connectivity index is 3.56. The van der Waals surface area contributed by atoms with Gasteiger partial charge in [-0.25, -0.2) is 0 Å². The Bertz CT molecular complexity index is 197. The fourth-order valence-electron chi connectivity index (χ4n) is 1.74. The van der Waals surface area contributed by atoms with E-state index in [-0.39, 0.29) is 0 Å². The van der Waals surface area contributed by atoms with Crippen LogP contribution in [0.25, 0.3) is 0 Å². The fraction of sp³-hybridized carbons (Fsp3) is 0.867. The Morgan fingerprint density at radius 1 is 0.833 bits per heavy atom. The molecule has 1 atom stereocenters. The zero-order chi connectivity index (χ0) is 13.7. The first-order valence-corrected chi connectivity index (χ1v) is 9.99. The highest BCUT2D eigenvalue weighted by Gasteiger charge is 2.26. The number of hydrogen-bond donors (Lipinski definition) is 0. The van der Waals surface area contributed by atoms with E-state index in [4.69, 9.17) is 8.85 Å². The largest absolute Gasteiger partial charge is 0.391 e. The third-order valence-corrected chi connectivity index (χ3v) is 5.44. The minimum Gasteiger partial charge on any atom is -0.391 e. The third kappa shape index (κ3) is 9.86. The van der Waals surface area contributed by atoms with Crippen LogP contribution in [0.3, 0.4) is 0 Å². The zero-order valence-corrected chi connectivity index (χ0v) is 13.7. The van der Waals surface area contributed by atoms with Crippen LogP contribution in [-0.4, -0.2) is 21.8 Å². The normalized spacial score (nSPS) is 14.4. The van der Waals surface area contributed by atoms with E-state index < -0.39 is 8.56 Å². The van der Waals surface area contributed by atoms with Gasteiger partial charge < -0.3 is 8.85 Å². The maximum Gasteiger partial charge on any atom is 0.361 e. The van der Waals surface area contributed by atoms with Crippen LogP contribution in [0.2, 0.25) is 6.55 Å². The molecule has 0 aliphatic carbocycles. The van der Waals surface area contributed by atoms with Crippen LogP contribution >= 0.6 is 0 Å². The number of rotatable bonds is 13. The number of unbranched alkanes of at least 4 members (excludes halogenated alkanes) is 6. The second-order valence-corrected chi connectivity index (χ2v) is 8.06. The van der Waals surface area contributed by atoms with Crippen LogP contribution in [0.15, 0.2) is 12.3 Å². The van der Waals surface area contributed by atoms with Crippen molar-refractivity contribution in [2.45, 2.75) is 71.8 Å². The van der Waals surface area contributed by atoms with Crippen molar-refractivity contribution in [2.75, 3.05) is 13.2 Å². The first kappa shape index (κ1) is 17.9. The van der Waals surface area contributed by atoms with Crippen molar-refractivity contribution < 1.29 is 8.85 Å². The molecule has 0 fully saturated rings. The molecule has 1 unspecified atom stereocenters. The van der Waals surface area contributed by atoms with Crippen molar-refractivity contribution in [1.29, 1.82) is 0 Å². The fourth-order valence-corrected chi connectivity index (χ4v) is 3.15. The summed E-state index contributed by atoms with van der Waals surface area (Å²) >= 11 is 0. The Morgan fingerprint density at radius 3 is 1.89 bits per heavy atom. The summed E-state index contributed by atoms with van der Waals surface area (Å²) in [6.45, 7) is 12.0. The van der Waals surface area contributed by atoms with Crippen LogP contribution in [0.4, 0.5) is 0 Å². The number of hydrogen-bond acceptors (Lipinski definition) is 2. The van der Waals surface area contributed by atoms with E-state index in [9.17, 15) is 0 Å². The molecule has 0 aromatic heterocycles. The Hall–Kier alpha value is -0.123. The summed E-state index contributed by atoms with van der Waals surface area (Å²) in [6.07, 6.45) is 10.1. The summed E-state index contributed by atoms with van der Waals surface area (Å²) < 4.78 is 11.8. The monoisotopic (exact) mass is 272 g/mol. The van der Waals surface area contributed by atoms with Crippen molar-refractivity contribution in [3.8, 4) is 0 Å². The zero-order valence-electron chi connectivity index (χ0n) is 12.7. The minimum absolute atomic E-state index is 0.807. The Morgan fingerprint density at radius 2 is 1.33 bits per heavy atom. The van der Waals surface area contributed by atoms with Gasteiger partial charge in [0.15, 0.2) is 0 Å². The second-order valence-electron chi connectivity index (χ2n) is 5.04. The van der Waals surface area contributed by atoms with E-state index in [1.807, 2.05) is 5.70 Å². The summed E-state index contributed by atoms with van der Waals surface area (Å²) in [7, 11) is -2.07. The molecule has 3 heteroatoms. The van der Waals surface area contributed by atoms with Crippen LogP contribution in [-0.2, 0) is 8.85 Å². The predicted molar refractivity (Wildman–Crippen MR) is 82.0 cm³/mol. The standard InChI is InChI=1S/C15H32O2Si/c1-5-8-10-11-12-13-15-17-18(4,7-3)16-14-9-6-2/h7H,3,5-6,8-15H2,1-2,4H3. The summed E-state index contributed by atoms with van der Waals surface area (Å²) in [6, 6.07) is 0. The molecule has 0 saturated carbocycles. The highest BCUT2D eigenvalue weighted by atomic mass is 28.4. The average Bonchev–Trinajstić information content (AvgIpc) is 2.38. The smallest absolute Gasteiger partial charge is 0.361 e. The van der Waals surface area contributed by atoms with E-state index >= 15 is 0 Å². The Kier molecular flexibility index (Phi) is 11.9. The average molecular weight is 273 g/mol. The molecule has 18 heavy (non-hydrogen) atoms. The third-order valence-electron chi connectivity index (χ3n) is 3.14. The van der Waals surface area contributed by atoms with Gasteiger partial charge >= 0.3 is 8.56 Å². The van der Waals surface area contributed by atoms with Gasteiger partial charge in [0.25, 0.3) is 0 Å². The predicted octanol–water partition coefficient (Wildman–Crippen LogP) is 4.98. The van der Waals surface area contributed by atoms with Gasteiger partial charge in [-0.3, -0.25) is 0 Å². The molecule has 0 aliphatic rings. The molecule has 0 aliphatic heterocycles. The molecule has 0 bridgehead atoms. The topological polar surface area (TPSA) is 18.5 Å². The summed E-state index contributed by atoms with van der Waals surface area (Å²) in [5, 5.41) is 0. The van der Waals surface area contributed by atoms with Gasteiger partial charge in [-0.2, -0.15) is 0 Å². The van der Waals surface area contributed by atoms with Crippen LogP contribution in [0, 0.1) is 0 Å². The van der Waals surface area contributed by atoms with Gasteiger partial charge in [-0.15, -0.1) is 6.58 Å². The molecule has 108 valence electrons. The lowest BCUT2D eigenvalue weighted by Crippen LogP contribution is -2.37. The Labute approximate surface area is 115 Å². The summed E-state index contributed by atoms with van der Waals surface area (Å²) in [5.41, 5.74) is 1.90. The van der Waals surface area contributed by atoms with Crippen molar-refractivity contribution in [2.24, 2.45) is 0 Å². The molecule has 0 saturated heterocycles. The molecule has 0 spiro atoms. The lowest BCUT2D eigenvalue weighted by Gasteiger charge is -2.23. The van der Waals surface area contributed by atoms with Crippen molar-refractivity contribution in [3.05, 3.63) is 12.3 Å². The van der Waals surface area contributed by atoms with Crippen LogP contribution in [0.5, 0.6) is 0 Å². The van der Waals surface area contributed by atoms with E-state index in [0.717, 1.165) is 26.1 Å². The molecule has 0 amide bonds. The van der Waals surface area contributed by atoms with E-state index in [1.165, 1.54) is 38.5 Å². The van der Waals surface area contributed by atoms with Crippen molar-refractivity contribution in [1.82, 2.24) is 0 Å². The molecule has 0 heterocycles. The van der Waals surface area contributed by atoms with Gasteiger partial charge in [0, 0.05) is 13.2 Å². The van der Waals surface area contributed by atoms with Gasteiger partial charge in [-0.1, -0.05) is 52.4 Å². The lowest BCUT2D eigenvalue weighted by atomic mass is 10.1. The highest BCUT2D eigenvalue weighted by Crippen LogP contribution is 2.12. The molecular formula is C15H32O2Si. The highest BCUT2D eigenvalue weighted by molar-refractivity contribution is 6.71. The van der Waals surface area contributed by atoms with Crippen molar-refractivity contribution in [3.63, 3.8) is 0 Å². The molecular weight excluding hydrogens is 240 g/mol. The van der Waals surface area contributed by atoms with Crippen LogP contribution < -0.4 is 0 Å². The molecule has 2 nitrogen and oxygen atoms in total. The summed E-state index contributed by atoms with van der Waals surface area (Å²) in [5.74, 6) is 0. The minimum atomic E-state index is -2.07. The van der Waals surface area contributed by atoms with Crippen LogP contribution in [0.1, 0.15) is 65.2 Å². The lowest BCUT2D eigenvalue weighted by molar-refractivity contribution is 0.178. The first-order chi connectivity index (χ1) is 8.68. The summed E-state index contributed by atoms with van der Waals surface area (Å²) in [4.78, 5) is 0. The van der Waals surface area contributed by atoms with Crippen molar-refractivity contribution >= 4 is 8.56 Å².